The molecule has 39 heavy (non-hydrogen) atoms. The molecule has 1 saturated heterocycles. The average molecular weight is 552 g/mol. The van der Waals surface area contributed by atoms with Crippen LogP contribution >= 0.6 is 0 Å². The van der Waals surface area contributed by atoms with Crippen molar-refractivity contribution in [2.45, 2.75) is 103 Å². The number of likely N-dealkylation sites (tertiary alicyclic amines) is 1. The Labute approximate surface area is 230 Å². The molecule has 0 unspecified atom stereocenters. The van der Waals surface area contributed by atoms with Gasteiger partial charge < -0.3 is 16.0 Å². The van der Waals surface area contributed by atoms with Crippen LogP contribution < -0.4 is 16.0 Å². The van der Waals surface area contributed by atoms with E-state index in [2.05, 4.69) is 24.1 Å². The molecule has 10 heteroatoms. The van der Waals surface area contributed by atoms with E-state index in [0.29, 0.717) is 25.7 Å². The summed E-state index contributed by atoms with van der Waals surface area (Å²) in [6.45, 7) is 6.76. The Morgan fingerprint density at radius 3 is 2.21 bits per heavy atom. The predicted octanol–water partition coefficient (Wildman–Crippen LogP) is 5.80. The van der Waals surface area contributed by atoms with E-state index in [4.69, 9.17) is 10.7 Å². The zero-order chi connectivity index (χ0) is 28.6. The van der Waals surface area contributed by atoms with Crippen molar-refractivity contribution in [3.05, 3.63) is 28.8 Å². The lowest BCUT2D eigenvalue weighted by molar-refractivity contribution is -0.135. The Balaban J connectivity index is 1.37. The number of hydrogen-bond acceptors (Lipinski definition) is 4. The SMILES string of the molecule is Cc1cc(N(C)C(N)=O)cc(C)c1CCCN1CCC2(CC1)N=C(CCCCCCCCC(F)(F)F)NC2=O. The van der Waals surface area contributed by atoms with Crippen molar-refractivity contribution >= 4 is 23.5 Å². The normalized spacial score (nSPS) is 17.4. The Morgan fingerprint density at radius 2 is 1.62 bits per heavy atom. The summed E-state index contributed by atoms with van der Waals surface area (Å²) in [5, 5.41) is 2.99. The number of hydrogen-bond donors (Lipinski definition) is 2. The Hall–Kier alpha value is -2.62. The maximum Gasteiger partial charge on any atom is 0.389 e. The van der Waals surface area contributed by atoms with E-state index >= 15 is 0 Å². The van der Waals surface area contributed by atoms with Crippen LogP contribution in [-0.2, 0) is 11.2 Å². The summed E-state index contributed by atoms with van der Waals surface area (Å²) in [7, 11) is 1.67. The monoisotopic (exact) mass is 551 g/mol. The molecule has 0 aromatic heterocycles. The van der Waals surface area contributed by atoms with Gasteiger partial charge in [0.2, 0.25) is 0 Å². The van der Waals surface area contributed by atoms with Gasteiger partial charge in [0.05, 0.1) is 0 Å². The first-order chi connectivity index (χ1) is 18.4. The zero-order valence-corrected chi connectivity index (χ0v) is 23.6. The number of primary amides is 1. The zero-order valence-electron chi connectivity index (χ0n) is 23.6. The number of aryl methyl sites for hydroxylation is 2. The molecular formula is C29H44F3N5O2. The minimum atomic E-state index is -4.05. The summed E-state index contributed by atoms with van der Waals surface area (Å²) in [5.41, 5.74) is 9.18. The molecule has 3 amide bonds. The number of carbonyl (C=O) groups excluding carboxylic acids is 2. The number of unbranched alkanes of at least 4 members (excludes halogenated alkanes) is 5. The van der Waals surface area contributed by atoms with Crippen molar-refractivity contribution in [3.63, 3.8) is 0 Å². The first kappa shape index (κ1) is 30.9. The molecule has 218 valence electrons. The summed E-state index contributed by atoms with van der Waals surface area (Å²) >= 11 is 0. The number of alkyl halides is 3. The predicted molar refractivity (Wildman–Crippen MR) is 149 cm³/mol. The number of nitrogens with one attached hydrogen (secondary N) is 1. The third-order valence-electron chi connectivity index (χ3n) is 8.14. The molecule has 1 spiro atoms. The highest BCUT2D eigenvalue weighted by atomic mass is 19.4. The number of carbonyl (C=O) groups is 2. The van der Waals surface area contributed by atoms with E-state index in [1.54, 1.807) is 7.05 Å². The van der Waals surface area contributed by atoms with Gasteiger partial charge >= 0.3 is 12.2 Å². The van der Waals surface area contributed by atoms with Crippen LogP contribution in [0.25, 0.3) is 0 Å². The molecule has 0 atom stereocenters. The number of nitrogens with two attached hydrogens (primary N) is 1. The number of aliphatic imine (C=N–C) groups is 1. The van der Waals surface area contributed by atoms with Gasteiger partial charge in [0.25, 0.3) is 5.91 Å². The second-order valence-corrected chi connectivity index (χ2v) is 11.2. The molecule has 1 aromatic rings. The van der Waals surface area contributed by atoms with Crippen molar-refractivity contribution < 1.29 is 22.8 Å². The number of urea groups is 1. The molecule has 1 aromatic carbocycles. The number of amides is 3. The molecular weight excluding hydrogens is 507 g/mol. The van der Waals surface area contributed by atoms with Gasteiger partial charge in [0, 0.05) is 38.7 Å². The summed E-state index contributed by atoms with van der Waals surface area (Å²) in [6.07, 6.45) is 3.72. The van der Waals surface area contributed by atoms with Crippen LogP contribution in [0.3, 0.4) is 0 Å². The summed E-state index contributed by atoms with van der Waals surface area (Å²) in [6, 6.07) is 3.53. The van der Waals surface area contributed by atoms with Gasteiger partial charge in [-0.2, -0.15) is 13.2 Å². The number of anilines is 1. The van der Waals surface area contributed by atoms with E-state index < -0.39 is 24.2 Å². The molecule has 3 rings (SSSR count). The van der Waals surface area contributed by atoms with Crippen LogP contribution in [0.5, 0.6) is 0 Å². The number of rotatable bonds is 13. The van der Waals surface area contributed by atoms with Gasteiger partial charge in [-0.3, -0.25) is 14.7 Å². The maximum absolute atomic E-state index is 12.8. The minimum absolute atomic E-state index is 0.0107. The molecule has 2 aliphatic rings. The van der Waals surface area contributed by atoms with E-state index in [-0.39, 0.29) is 12.3 Å². The molecule has 1 fully saturated rings. The van der Waals surface area contributed by atoms with Crippen LogP contribution in [0, 0.1) is 13.8 Å². The highest BCUT2D eigenvalue weighted by Gasteiger charge is 2.45. The van der Waals surface area contributed by atoms with E-state index in [1.807, 2.05) is 12.1 Å². The fourth-order valence-electron chi connectivity index (χ4n) is 5.68. The fourth-order valence-corrected chi connectivity index (χ4v) is 5.68. The number of halogens is 3. The van der Waals surface area contributed by atoms with Gasteiger partial charge in [-0.25, -0.2) is 4.79 Å². The number of benzene rings is 1. The van der Waals surface area contributed by atoms with Gasteiger partial charge in [-0.05, 0) is 87.7 Å². The Morgan fingerprint density at radius 1 is 1.03 bits per heavy atom. The van der Waals surface area contributed by atoms with Crippen molar-refractivity contribution in [1.82, 2.24) is 10.2 Å². The fraction of sp³-hybridized carbons (Fsp3) is 0.690. The molecule has 2 aliphatic heterocycles. The highest BCUT2D eigenvalue weighted by Crippen LogP contribution is 2.31. The van der Waals surface area contributed by atoms with Crippen LogP contribution in [0.15, 0.2) is 17.1 Å². The van der Waals surface area contributed by atoms with Crippen molar-refractivity contribution in [2.75, 3.05) is 31.6 Å². The number of amidine groups is 1. The van der Waals surface area contributed by atoms with Crippen LogP contribution in [0.2, 0.25) is 0 Å². The topological polar surface area (TPSA) is 91.0 Å². The maximum atomic E-state index is 12.8. The smallest absolute Gasteiger partial charge is 0.351 e. The highest BCUT2D eigenvalue weighted by molar-refractivity contribution is 6.08. The van der Waals surface area contributed by atoms with Crippen molar-refractivity contribution in [3.8, 4) is 0 Å². The summed E-state index contributed by atoms with van der Waals surface area (Å²) in [5.74, 6) is 0.776. The number of nitrogens with zero attached hydrogens (tertiary/aromatic N) is 3. The van der Waals surface area contributed by atoms with E-state index in [1.165, 1.54) is 10.5 Å². The second kappa shape index (κ2) is 13.6. The summed E-state index contributed by atoms with van der Waals surface area (Å²) < 4.78 is 36.6. The first-order valence-corrected chi connectivity index (χ1v) is 14.2. The Kier molecular flexibility index (Phi) is 10.8. The second-order valence-electron chi connectivity index (χ2n) is 11.2. The molecule has 0 radical (unpaired) electrons. The van der Waals surface area contributed by atoms with Crippen LogP contribution in [-0.4, -0.2) is 61.1 Å². The lowest BCUT2D eigenvalue weighted by Crippen LogP contribution is -2.49. The largest absolute Gasteiger partial charge is 0.389 e. The van der Waals surface area contributed by atoms with Gasteiger partial charge in [-0.1, -0.05) is 25.7 Å². The average Bonchev–Trinajstić information content (AvgIpc) is 3.16. The first-order valence-electron chi connectivity index (χ1n) is 14.2. The third-order valence-corrected chi connectivity index (χ3v) is 8.14. The van der Waals surface area contributed by atoms with Crippen LogP contribution in [0.1, 0.15) is 87.3 Å². The van der Waals surface area contributed by atoms with Gasteiger partial charge in [-0.15, -0.1) is 0 Å². The molecule has 7 nitrogen and oxygen atoms in total. The molecule has 0 aliphatic carbocycles. The number of piperidine rings is 1. The standard InChI is InChI=1S/C29H44F3N5O2/c1-21-19-23(36(3)27(33)39)20-22(2)24(21)11-10-16-37-17-14-28(15-18-37)26(38)34-25(35-28)12-8-6-4-5-7-9-13-29(30,31)32/h19-20H,4-18H2,1-3H3,(H2,33,39)(H,34,35,38). The lowest BCUT2D eigenvalue weighted by Gasteiger charge is -2.35. The molecule has 0 saturated carbocycles. The van der Waals surface area contributed by atoms with E-state index in [9.17, 15) is 22.8 Å². The molecule has 2 heterocycles. The minimum Gasteiger partial charge on any atom is -0.351 e. The third kappa shape index (κ3) is 8.95. The quantitative estimate of drug-likeness (QED) is 0.304. The summed E-state index contributed by atoms with van der Waals surface area (Å²) in [4.78, 5) is 33.0. The van der Waals surface area contributed by atoms with Crippen molar-refractivity contribution in [2.24, 2.45) is 10.7 Å². The van der Waals surface area contributed by atoms with Gasteiger partial charge in [0.1, 0.15) is 11.4 Å². The van der Waals surface area contributed by atoms with E-state index in [0.717, 1.165) is 80.8 Å². The van der Waals surface area contributed by atoms with Crippen LogP contribution in [0.4, 0.5) is 23.7 Å². The Bertz CT molecular complexity index is 1010. The molecule has 3 N–H and O–H groups in total. The van der Waals surface area contributed by atoms with Crippen molar-refractivity contribution in [1.29, 1.82) is 0 Å². The van der Waals surface area contributed by atoms with Gasteiger partial charge in [0.15, 0.2) is 0 Å². The molecule has 0 bridgehead atoms. The lowest BCUT2D eigenvalue weighted by atomic mass is 9.88.